The van der Waals surface area contributed by atoms with Gasteiger partial charge in [-0.1, -0.05) is 0 Å². The summed E-state index contributed by atoms with van der Waals surface area (Å²) < 4.78 is 23.5. The van der Waals surface area contributed by atoms with Crippen LogP contribution in [0.4, 0.5) is 5.82 Å². The van der Waals surface area contributed by atoms with Crippen molar-refractivity contribution in [3.63, 3.8) is 0 Å². The Morgan fingerprint density at radius 2 is 2.05 bits per heavy atom. The van der Waals surface area contributed by atoms with Crippen molar-refractivity contribution in [3.8, 4) is 0 Å². The molecular weight excluding hydrogens is 280 g/mol. The minimum atomic E-state index is -3.27. The summed E-state index contributed by atoms with van der Waals surface area (Å²) >= 11 is 1.71. The summed E-state index contributed by atoms with van der Waals surface area (Å²) in [6.45, 7) is 2.70. The van der Waals surface area contributed by atoms with E-state index in [9.17, 15) is 8.42 Å². The highest BCUT2D eigenvalue weighted by molar-refractivity contribution is 7.90. The number of nitrogens with zero attached hydrogens (tertiary/aromatic N) is 2. The van der Waals surface area contributed by atoms with Crippen LogP contribution in [0.1, 0.15) is 9.75 Å². The van der Waals surface area contributed by atoms with Crippen LogP contribution in [0.3, 0.4) is 0 Å². The van der Waals surface area contributed by atoms with Crippen LogP contribution in [0.2, 0.25) is 0 Å². The van der Waals surface area contributed by atoms with Gasteiger partial charge in [-0.3, -0.25) is 0 Å². The molecule has 0 aliphatic carbocycles. The molecule has 0 saturated carbocycles. The SMILES string of the molecule is Cc1ccc(CN(C)c2ncccc2S(C)(=O)=O)s1. The molecule has 0 spiro atoms. The van der Waals surface area contributed by atoms with E-state index >= 15 is 0 Å². The van der Waals surface area contributed by atoms with Gasteiger partial charge >= 0.3 is 0 Å². The van der Waals surface area contributed by atoms with Crippen LogP contribution in [0, 0.1) is 6.92 Å². The summed E-state index contributed by atoms with van der Waals surface area (Å²) in [4.78, 5) is 8.76. The number of hydrogen-bond acceptors (Lipinski definition) is 5. The van der Waals surface area contributed by atoms with E-state index in [4.69, 9.17) is 0 Å². The van der Waals surface area contributed by atoms with Crippen LogP contribution in [0.15, 0.2) is 35.4 Å². The van der Waals surface area contributed by atoms with Crippen LogP contribution in [-0.2, 0) is 16.4 Å². The Bertz CT molecular complexity index is 677. The fourth-order valence-corrected chi connectivity index (χ4v) is 3.65. The maximum absolute atomic E-state index is 11.8. The standard InChI is InChI=1S/C13H16N2O2S2/c1-10-6-7-11(18-10)9-15(2)13-12(19(3,16)17)5-4-8-14-13/h4-8H,9H2,1-3H3. The molecule has 2 rings (SSSR count). The van der Waals surface area contributed by atoms with E-state index in [0.29, 0.717) is 12.4 Å². The number of pyridine rings is 1. The zero-order chi connectivity index (χ0) is 14.0. The molecule has 0 radical (unpaired) electrons. The van der Waals surface area contributed by atoms with Crippen molar-refractivity contribution in [2.24, 2.45) is 0 Å². The van der Waals surface area contributed by atoms with Crippen LogP contribution < -0.4 is 4.90 Å². The van der Waals surface area contributed by atoms with Gasteiger partial charge in [0.05, 0.1) is 6.54 Å². The highest BCUT2D eigenvalue weighted by atomic mass is 32.2. The molecule has 6 heteroatoms. The Morgan fingerprint density at radius 3 is 2.63 bits per heavy atom. The van der Waals surface area contributed by atoms with Gasteiger partial charge in [0.25, 0.3) is 0 Å². The highest BCUT2D eigenvalue weighted by Crippen LogP contribution is 2.24. The zero-order valence-corrected chi connectivity index (χ0v) is 12.8. The van der Waals surface area contributed by atoms with Crippen molar-refractivity contribution in [2.45, 2.75) is 18.4 Å². The quantitative estimate of drug-likeness (QED) is 0.870. The van der Waals surface area contributed by atoms with Gasteiger partial charge in [0.1, 0.15) is 10.7 Å². The van der Waals surface area contributed by atoms with Gasteiger partial charge in [0, 0.05) is 29.3 Å². The van der Waals surface area contributed by atoms with E-state index in [-0.39, 0.29) is 4.90 Å². The molecular formula is C13H16N2O2S2. The first kappa shape index (κ1) is 14.0. The number of thiophene rings is 1. The number of sulfone groups is 1. The summed E-state index contributed by atoms with van der Waals surface area (Å²) in [5, 5.41) is 0. The minimum Gasteiger partial charge on any atom is -0.353 e. The van der Waals surface area contributed by atoms with Gasteiger partial charge in [0.2, 0.25) is 0 Å². The van der Waals surface area contributed by atoms with E-state index in [1.54, 1.807) is 29.7 Å². The van der Waals surface area contributed by atoms with Crippen LogP contribution in [0.25, 0.3) is 0 Å². The first-order chi connectivity index (χ1) is 8.88. The van der Waals surface area contributed by atoms with E-state index in [1.807, 2.05) is 11.9 Å². The molecule has 0 N–H and O–H groups in total. The first-order valence-corrected chi connectivity index (χ1v) is 8.50. The molecule has 0 saturated heterocycles. The summed E-state index contributed by atoms with van der Waals surface area (Å²) in [5.41, 5.74) is 0. The molecule has 0 atom stereocenters. The summed E-state index contributed by atoms with van der Waals surface area (Å²) in [6.07, 6.45) is 2.82. The van der Waals surface area contributed by atoms with E-state index in [1.165, 1.54) is 16.0 Å². The van der Waals surface area contributed by atoms with E-state index in [2.05, 4.69) is 24.0 Å². The van der Waals surface area contributed by atoms with Crippen molar-refractivity contribution in [1.82, 2.24) is 4.98 Å². The topological polar surface area (TPSA) is 50.3 Å². The van der Waals surface area contributed by atoms with Crippen molar-refractivity contribution >= 4 is 27.0 Å². The third-order valence-corrected chi connectivity index (χ3v) is 4.80. The lowest BCUT2D eigenvalue weighted by Crippen LogP contribution is -2.19. The Morgan fingerprint density at radius 1 is 1.32 bits per heavy atom. The summed E-state index contributed by atoms with van der Waals surface area (Å²) in [6, 6.07) is 7.35. The summed E-state index contributed by atoms with van der Waals surface area (Å²) in [5.74, 6) is 0.496. The Balaban J connectivity index is 2.31. The van der Waals surface area contributed by atoms with Crippen LogP contribution in [-0.4, -0.2) is 26.7 Å². The van der Waals surface area contributed by atoms with Crippen LogP contribution >= 0.6 is 11.3 Å². The predicted octanol–water partition coefficient (Wildman–Crippen LogP) is 2.49. The number of rotatable bonds is 4. The fraction of sp³-hybridized carbons (Fsp3) is 0.308. The number of anilines is 1. The number of aryl methyl sites for hydroxylation is 1. The minimum absolute atomic E-state index is 0.269. The average molecular weight is 296 g/mol. The first-order valence-electron chi connectivity index (χ1n) is 5.79. The number of hydrogen-bond donors (Lipinski definition) is 0. The number of aromatic nitrogens is 1. The fourth-order valence-electron chi connectivity index (χ4n) is 1.84. The molecule has 0 bridgehead atoms. The van der Waals surface area contributed by atoms with Crippen molar-refractivity contribution in [2.75, 3.05) is 18.2 Å². The third kappa shape index (κ3) is 3.33. The molecule has 2 aromatic rings. The van der Waals surface area contributed by atoms with Gasteiger partial charge in [-0.2, -0.15) is 0 Å². The largest absolute Gasteiger partial charge is 0.353 e. The lowest BCUT2D eigenvalue weighted by atomic mass is 10.4. The van der Waals surface area contributed by atoms with Crippen molar-refractivity contribution in [1.29, 1.82) is 0 Å². The van der Waals surface area contributed by atoms with E-state index in [0.717, 1.165) is 0 Å². The Hall–Kier alpha value is -1.40. The average Bonchev–Trinajstić information content (AvgIpc) is 2.73. The molecule has 4 nitrogen and oxygen atoms in total. The monoisotopic (exact) mass is 296 g/mol. The maximum Gasteiger partial charge on any atom is 0.179 e. The predicted molar refractivity (Wildman–Crippen MR) is 78.5 cm³/mol. The zero-order valence-electron chi connectivity index (χ0n) is 11.1. The van der Waals surface area contributed by atoms with Gasteiger partial charge in [-0.25, -0.2) is 13.4 Å². The van der Waals surface area contributed by atoms with Crippen LogP contribution in [0.5, 0.6) is 0 Å². The third-order valence-electron chi connectivity index (χ3n) is 2.70. The van der Waals surface area contributed by atoms with Crippen molar-refractivity contribution < 1.29 is 8.42 Å². The van der Waals surface area contributed by atoms with Gasteiger partial charge in [-0.05, 0) is 31.2 Å². The molecule has 102 valence electrons. The second-order valence-corrected chi connectivity index (χ2v) is 7.82. The molecule has 0 amide bonds. The van der Waals surface area contributed by atoms with Gasteiger partial charge in [-0.15, -0.1) is 11.3 Å². The molecule has 0 aliphatic heterocycles. The summed E-state index contributed by atoms with van der Waals surface area (Å²) in [7, 11) is -1.41. The molecule has 2 heterocycles. The second kappa shape index (κ2) is 5.30. The normalized spacial score (nSPS) is 11.5. The Kier molecular flexibility index (Phi) is 3.91. The van der Waals surface area contributed by atoms with Gasteiger partial charge in [0.15, 0.2) is 9.84 Å². The van der Waals surface area contributed by atoms with Crippen molar-refractivity contribution in [3.05, 3.63) is 40.2 Å². The van der Waals surface area contributed by atoms with Gasteiger partial charge < -0.3 is 4.90 Å². The Labute approximate surface area is 117 Å². The highest BCUT2D eigenvalue weighted by Gasteiger charge is 2.17. The van der Waals surface area contributed by atoms with E-state index < -0.39 is 9.84 Å². The molecule has 19 heavy (non-hydrogen) atoms. The molecule has 2 aromatic heterocycles. The second-order valence-electron chi connectivity index (χ2n) is 4.47. The lowest BCUT2D eigenvalue weighted by molar-refractivity contribution is 0.601. The molecule has 0 fully saturated rings. The molecule has 0 aromatic carbocycles. The smallest absolute Gasteiger partial charge is 0.179 e. The molecule has 0 aliphatic rings. The lowest BCUT2D eigenvalue weighted by Gasteiger charge is -2.19. The maximum atomic E-state index is 11.8. The molecule has 0 unspecified atom stereocenters.